The SMILES string of the molecule is NC(CO)CN1CCCc2ccccc2C1. The van der Waals surface area contributed by atoms with E-state index in [0.29, 0.717) is 0 Å². The number of aliphatic hydroxyl groups is 1. The molecule has 0 radical (unpaired) electrons. The van der Waals surface area contributed by atoms with E-state index in [0.717, 1.165) is 26.1 Å². The maximum absolute atomic E-state index is 8.98. The van der Waals surface area contributed by atoms with E-state index in [1.165, 1.54) is 17.5 Å². The van der Waals surface area contributed by atoms with Gasteiger partial charge in [0, 0.05) is 19.1 Å². The maximum Gasteiger partial charge on any atom is 0.0595 e. The lowest BCUT2D eigenvalue weighted by atomic mass is 10.0. The minimum atomic E-state index is -0.120. The Labute approximate surface area is 96.9 Å². The molecule has 1 heterocycles. The van der Waals surface area contributed by atoms with Crippen LogP contribution >= 0.6 is 0 Å². The number of fused-ring (bicyclic) bond motifs is 1. The molecule has 1 aromatic rings. The van der Waals surface area contributed by atoms with Gasteiger partial charge < -0.3 is 10.8 Å². The van der Waals surface area contributed by atoms with Crippen molar-refractivity contribution in [1.29, 1.82) is 0 Å². The number of hydrogen-bond donors (Lipinski definition) is 2. The number of aliphatic hydroxyl groups excluding tert-OH is 1. The van der Waals surface area contributed by atoms with Gasteiger partial charge in [-0.05, 0) is 30.5 Å². The number of nitrogens with zero attached hydrogens (tertiary/aromatic N) is 1. The summed E-state index contributed by atoms with van der Waals surface area (Å²) in [5.41, 5.74) is 8.65. The lowest BCUT2D eigenvalue weighted by Gasteiger charge is -2.23. The predicted octanol–water partition coefficient (Wildman–Crippen LogP) is 0.754. The molecule has 3 heteroatoms. The fourth-order valence-corrected chi connectivity index (χ4v) is 2.31. The third kappa shape index (κ3) is 2.82. The Morgan fingerprint density at radius 1 is 1.31 bits per heavy atom. The highest BCUT2D eigenvalue weighted by Gasteiger charge is 2.15. The van der Waals surface area contributed by atoms with Crippen molar-refractivity contribution >= 4 is 0 Å². The van der Waals surface area contributed by atoms with Gasteiger partial charge in [0.05, 0.1) is 6.61 Å². The van der Waals surface area contributed by atoms with Crippen LogP contribution in [0.25, 0.3) is 0 Å². The molecule has 16 heavy (non-hydrogen) atoms. The van der Waals surface area contributed by atoms with Crippen LogP contribution in [0.4, 0.5) is 0 Å². The quantitative estimate of drug-likeness (QED) is 0.790. The summed E-state index contributed by atoms with van der Waals surface area (Å²) in [6.07, 6.45) is 2.33. The fraction of sp³-hybridized carbons (Fsp3) is 0.538. The summed E-state index contributed by atoms with van der Waals surface area (Å²) < 4.78 is 0. The highest BCUT2D eigenvalue weighted by molar-refractivity contribution is 5.28. The average Bonchev–Trinajstić information content (AvgIpc) is 2.50. The molecule has 2 rings (SSSR count). The molecule has 0 aliphatic carbocycles. The molecule has 1 aromatic carbocycles. The molecule has 0 aromatic heterocycles. The van der Waals surface area contributed by atoms with Crippen molar-refractivity contribution < 1.29 is 5.11 Å². The van der Waals surface area contributed by atoms with E-state index in [1.54, 1.807) is 0 Å². The predicted molar refractivity (Wildman–Crippen MR) is 65.1 cm³/mol. The third-order valence-corrected chi connectivity index (χ3v) is 3.16. The highest BCUT2D eigenvalue weighted by atomic mass is 16.3. The van der Waals surface area contributed by atoms with Crippen molar-refractivity contribution in [3.8, 4) is 0 Å². The van der Waals surface area contributed by atoms with Crippen molar-refractivity contribution in [2.75, 3.05) is 19.7 Å². The van der Waals surface area contributed by atoms with E-state index < -0.39 is 0 Å². The summed E-state index contributed by atoms with van der Waals surface area (Å²) in [4.78, 5) is 2.34. The molecule has 88 valence electrons. The van der Waals surface area contributed by atoms with Gasteiger partial charge in [-0.3, -0.25) is 4.90 Å². The van der Waals surface area contributed by atoms with Crippen LogP contribution in [0.15, 0.2) is 24.3 Å². The van der Waals surface area contributed by atoms with Gasteiger partial charge in [0.2, 0.25) is 0 Å². The summed E-state index contributed by atoms with van der Waals surface area (Å²) in [6, 6.07) is 8.48. The summed E-state index contributed by atoms with van der Waals surface area (Å²) in [7, 11) is 0. The van der Waals surface area contributed by atoms with Gasteiger partial charge in [0.25, 0.3) is 0 Å². The van der Waals surface area contributed by atoms with E-state index >= 15 is 0 Å². The number of rotatable bonds is 3. The first-order chi connectivity index (χ1) is 7.79. The molecular formula is C13H20N2O. The first-order valence-electron chi connectivity index (χ1n) is 5.95. The molecule has 1 unspecified atom stereocenters. The van der Waals surface area contributed by atoms with Gasteiger partial charge in [-0.15, -0.1) is 0 Å². The molecular weight excluding hydrogens is 200 g/mol. The number of nitrogens with two attached hydrogens (primary N) is 1. The van der Waals surface area contributed by atoms with Gasteiger partial charge in [-0.25, -0.2) is 0 Å². The van der Waals surface area contributed by atoms with Crippen LogP contribution < -0.4 is 5.73 Å². The number of hydrogen-bond acceptors (Lipinski definition) is 3. The van der Waals surface area contributed by atoms with Crippen LogP contribution in [-0.4, -0.2) is 35.7 Å². The van der Waals surface area contributed by atoms with E-state index in [9.17, 15) is 0 Å². The fourth-order valence-electron chi connectivity index (χ4n) is 2.31. The summed E-state index contributed by atoms with van der Waals surface area (Å²) in [6.45, 7) is 2.88. The van der Waals surface area contributed by atoms with Gasteiger partial charge >= 0.3 is 0 Å². The Hall–Kier alpha value is -0.900. The van der Waals surface area contributed by atoms with E-state index in [4.69, 9.17) is 10.8 Å². The molecule has 3 nitrogen and oxygen atoms in total. The topological polar surface area (TPSA) is 49.5 Å². The normalized spacial score (nSPS) is 18.9. The standard InChI is InChI=1S/C13H20N2O/c14-13(10-16)9-15-7-3-6-11-4-1-2-5-12(11)8-15/h1-2,4-5,13,16H,3,6-10,14H2. The molecule has 0 amide bonds. The van der Waals surface area contributed by atoms with Gasteiger partial charge in [-0.2, -0.15) is 0 Å². The summed E-state index contributed by atoms with van der Waals surface area (Å²) in [5.74, 6) is 0. The van der Waals surface area contributed by atoms with Crippen LogP contribution in [-0.2, 0) is 13.0 Å². The van der Waals surface area contributed by atoms with Crippen molar-refractivity contribution in [2.45, 2.75) is 25.4 Å². The number of aryl methyl sites for hydroxylation is 1. The third-order valence-electron chi connectivity index (χ3n) is 3.16. The first-order valence-corrected chi connectivity index (χ1v) is 5.95. The average molecular weight is 220 g/mol. The zero-order valence-electron chi connectivity index (χ0n) is 9.60. The monoisotopic (exact) mass is 220 g/mol. The van der Waals surface area contributed by atoms with Crippen LogP contribution in [0.1, 0.15) is 17.5 Å². The molecule has 0 saturated carbocycles. The van der Waals surface area contributed by atoms with Gasteiger partial charge in [0.1, 0.15) is 0 Å². The second kappa shape index (κ2) is 5.43. The van der Waals surface area contributed by atoms with Crippen molar-refractivity contribution in [1.82, 2.24) is 4.90 Å². The van der Waals surface area contributed by atoms with Crippen LogP contribution in [0.3, 0.4) is 0 Å². The second-order valence-corrected chi connectivity index (χ2v) is 4.55. The highest BCUT2D eigenvalue weighted by Crippen LogP contribution is 2.18. The Morgan fingerprint density at radius 3 is 2.81 bits per heavy atom. The van der Waals surface area contributed by atoms with Crippen molar-refractivity contribution in [2.24, 2.45) is 5.73 Å². The molecule has 0 bridgehead atoms. The van der Waals surface area contributed by atoms with Crippen LogP contribution in [0.5, 0.6) is 0 Å². The molecule has 0 spiro atoms. The first kappa shape index (κ1) is 11.6. The van der Waals surface area contributed by atoms with Crippen molar-refractivity contribution in [3.63, 3.8) is 0 Å². The zero-order valence-corrected chi connectivity index (χ0v) is 9.60. The summed E-state index contributed by atoms with van der Waals surface area (Å²) in [5, 5.41) is 8.98. The van der Waals surface area contributed by atoms with E-state index in [2.05, 4.69) is 29.2 Å². The lowest BCUT2D eigenvalue weighted by Crippen LogP contribution is -2.39. The largest absolute Gasteiger partial charge is 0.395 e. The molecule has 1 atom stereocenters. The number of benzene rings is 1. The lowest BCUT2D eigenvalue weighted by molar-refractivity contribution is 0.198. The Bertz CT molecular complexity index is 340. The Kier molecular flexibility index (Phi) is 3.93. The minimum Gasteiger partial charge on any atom is -0.395 e. The smallest absolute Gasteiger partial charge is 0.0595 e. The molecule has 0 fully saturated rings. The van der Waals surface area contributed by atoms with Gasteiger partial charge in [0.15, 0.2) is 0 Å². The Morgan fingerprint density at radius 2 is 2.06 bits per heavy atom. The molecule has 1 aliphatic heterocycles. The van der Waals surface area contributed by atoms with Crippen molar-refractivity contribution in [3.05, 3.63) is 35.4 Å². The Balaban J connectivity index is 2.05. The zero-order chi connectivity index (χ0) is 11.4. The minimum absolute atomic E-state index is 0.0676. The molecule has 0 saturated heterocycles. The molecule has 1 aliphatic rings. The van der Waals surface area contributed by atoms with E-state index in [-0.39, 0.29) is 12.6 Å². The van der Waals surface area contributed by atoms with Crippen LogP contribution in [0.2, 0.25) is 0 Å². The van der Waals surface area contributed by atoms with Crippen LogP contribution in [0, 0.1) is 0 Å². The van der Waals surface area contributed by atoms with E-state index in [1.807, 2.05) is 0 Å². The summed E-state index contributed by atoms with van der Waals surface area (Å²) >= 11 is 0. The molecule has 3 N–H and O–H groups in total. The van der Waals surface area contributed by atoms with Gasteiger partial charge in [-0.1, -0.05) is 24.3 Å². The second-order valence-electron chi connectivity index (χ2n) is 4.55. The maximum atomic E-state index is 8.98.